The molecule has 1 saturated carbocycles. The van der Waals surface area contributed by atoms with Gasteiger partial charge in [0.25, 0.3) is 0 Å². The van der Waals surface area contributed by atoms with Gasteiger partial charge in [-0.15, -0.1) is 0 Å². The van der Waals surface area contributed by atoms with Gasteiger partial charge in [-0.2, -0.15) is 0 Å². The first-order valence-electron chi connectivity index (χ1n) is 15.0. The van der Waals surface area contributed by atoms with E-state index < -0.39 is 11.9 Å². The van der Waals surface area contributed by atoms with Gasteiger partial charge < -0.3 is 28.4 Å². The van der Waals surface area contributed by atoms with E-state index in [9.17, 15) is 9.59 Å². The first-order valence-corrected chi connectivity index (χ1v) is 15.0. The third kappa shape index (κ3) is 10.9. The van der Waals surface area contributed by atoms with Crippen molar-refractivity contribution in [1.29, 1.82) is 0 Å². The van der Waals surface area contributed by atoms with Gasteiger partial charge >= 0.3 is 11.9 Å². The van der Waals surface area contributed by atoms with E-state index in [1.807, 2.05) is 24.3 Å². The Labute approximate surface area is 253 Å². The number of carbonyl (C=O) groups excluding carboxylic acids is 2. The summed E-state index contributed by atoms with van der Waals surface area (Å²) in [6, 6.07) is 10.8. The number of rotatable bonds is 6. The van der Waals surface area contributed by atoms with E-state index in [0.29, 0.717) is 90.3 Å². The topological polar surface area (TPSA) is 122 Å². The van der Waals surface area contributed by atoms with Crippen molar-refractivity contribution >= 4 is 11.9 Å². The highest BCUT2D eigenvalue weighted by Crippen LogP contribution is 2.25. The lowest BCUT2D eigenvalue weighted by molar-refractivity contribution is -0.0669. The molecule has 0 N–H and O–H groups in total. The molecule has 12 nitrogen and oxygen atoms in total. The molecule has 2 aromatic heterocycles. The van der Waals surface area contributed by atoms with Crippen LogP contribution in [-0.4, -0.2) is 124 Å². The average molecular weight is 601 g/mol. The summed E-state index contributed by atoms with van der Waals surface area (Å²) < 4.78 is 34.1. The molecule has 2 atom stereocenters. The number of hydrogen-bond acceptors (Lipinski definition) is 12. The van der Waals surface area contributed by atoms with Gasteiger partial charge in [0.15, 0.2) is 0 Å². The molecule has 1 saturated heterocycles. The minimum atomic E-state index is -0.451. The summed E-state index contributed by atoms with van der Waals surface area (Å²) in [4.78, 5) is 37.3. The second-order valence-electron chi connectivity index (χ2n) is 10.5. The Morgan fingerprint density at radius 3 is 1.58 bits per heavy atom. The van der Waals surface area contributed by atoms with Crippen molar-refractivity contribution in [3.8, 4) is 0 Å². The van der Waals surface area contributed by atoms with Crippen LogP contribution >= 0.6 is 0 Å². The van der Waals surface area contributed by atoms with Crippen molar-refractivity contribution < 1.29 is 38.0 Å². The molecule has 0 bridgehead atoms. The van der Waals surface area contributed by atoms with Crippen molar-refractivity contribution in [2.45, 2.75) is 44.6 Å². The standard InChI is InChI=1S/C31H44N4O8/c1-38-30(36)26-8-3-6-24(32-26)22-34-12-16-40-20-21-41-17-13-35(23-25-7-4-9-27(33-25)31(37)39-2)15-19-43-29-11-5-10-28(29)42-18-14-34/h3-4,6-9,28-29H,5,10-23H2,1-2H3. The number of esters is 2. The van der Waals surface area contributed by atoms with Crippen LogP contribution in [0.4, 0.5) is 0 Å². The maximum Gasteiger partial charge on any atom is 0.356 e. The quantitative estimate of drug-likeness (QED) is 0.453. The first kappa shape index (κ1) is 32.9. The molecule has 2 fully saturated rings. The number of hydrogen-bond donors (Lipinski definition) is 0. The fourth-order valence-corrected chi connectivity index (χ4v) is 5.22. The largest absolute Gasteiger partial charge is 0.464 e. The van der Waals surface area contributed by atoms with Crippen LogP contribution in [0.1, 0.15) is 51.6 Å². The van der Waals surface area contributed by atoms with Gasteiger partial charge in [0.05, 0.1) is 77.5 Å². The van der Waals surface area contributed by atoms with Crippen LogP contribution in [0.5, 0.6) is 0 Å². The molecule has 2 aromatic rings. The fourth-order valence-electron chi connectivity index (χ4n) is 5.22. The number of ether oxygens (including phenoxy) is 6. The van der Waals surface area contributed by atoms with Crippen LogP contribution in [0.15, 0.2) is 36.4 Å². The molecule has 0 aromatic carbocycles. The molecule has 3 heterocycles. The zero-order chi connectivity index (χ0) is 30.3. The molecule has 2 aliphatic rings. The van der Waals surface area contributed by atoms with E-state index in [-0.39, 0.29) is 12.2 Å². The van der Waals surface area contributed by atoms with Gasteiger partial charge in [-0.3, -0.25) is 9.80 Å². The molecule has 4 rings (SSSR count). The summed E-state index contributed by atoms with van der Waals surface area (Å²) in [6.45, 7) is 7.01. The summed E-state index contributed by atoms with van der Waals surface area (Å²) >= 11 is 0. The lowest BCUT2D eigenvalue weighted by atomic mass is 10.2. The maximum absolute atomic E-state index is 11.9. The molecule has 236 valence electrons. The highest BCUT2D eigenvalue weighted by molar-refractivity contribution is 5.87. The molecular weight excluding hydrogens is 556 g/mol. The Bertz CT molecular complexity index is 1060. The maximum atomic E-state index is 11.9. The molecular formula is C31H44N4O8. The van der Waals surface area contributed by atoms with E-state index in [1.54, 1.807) is 12.1 Å². The van der Waals surface area contributed by atoms with Crippen LogP contribution in [0, 0.1) is 0 Å². The van der Waals surface area contributed by atoms with E-state index in [0.717, 1.165) is 30.7 Å². The third-order valence-corrected chi connectivity index (χ3v) is 7.52. The smallest absolute Gasteiger partial charge is 0.356 e. The predicted molar refractivity (Wildman–Crippen MR) is 157 cm³/mol. The van der Waals surface area contributed by atoms with Crippen molar-refractivity contribution in [2.24, 2.45) is 0 Å². The number of aromatic nitrogens is 2. The van der Waals surface area contributed by atoms with Gasteiger partial charge in [0.2, 0.25) is 0 Å². The number of nitrogens with zero attached hydrogens (tertiary/aromatic N) is 4. The van der Waals surface area contributed by atoms with Crippen LogP contribution < -0.4 is 0 Å². The van der Waals surface area contributed by atoms with E-state index in [4.69, 9.17) is 28.4 Å². The molecule has 43 heavy (non-hydrogen) atoms. The highest BCUT2D eigenvalue weighted by atomic mass is 16.5. The van der Waals surface area contributed by atoms with Gasteiger partial charge in [-0.1, -0.05) is 12.1 Å². The van der Waals surface area contributed by atoms with Gasteiger partial charge in [-0.05, 0) is 43.5 Å². The Kier molecular flexibility index (Phi) is 13.7. The van der Waals surface area contributed by atoms with Crippen LogP contribution in [-0.2, 0) is 41.5 Å². The Hall–Kier alpha value is -3.00. The summed E-state index contributed by atoms with van der Waals surface area (Å²) in [7, 11) is 2.71. The van der Waals surface area contributed by atoms with Crippen LogP contribution in [0.2, 0.25) is 0 Å². The zero-order valence-electron chi connectivity index (χ0n) is 25.3. The predicted octanol–water partition coefficient (Wildman–Crippen LogP) is 2.36. The molecule has 1 aliphatic heterocycles. The Balaban J connectivity index is 1.34. The molecule has 0 radical (unpaired) electrons. The average Bonchev–Trinajstić information content (AvgIpc) is 3.48. The summed E-state index contributed by atoms with van der Waals surface area (Å²) in [5.74, 6) is -0.902. The number of fused-ring (bicyclic) bond motifs is 1. The van der Waals surface area contributed by atoms with Crippen molar-refractivity contribution in [2.75, 3.05) is 80.0 Å². The fraction of sp³-hybridized carbons (Fsp3) is 0.613. The van der Waals surface area contributed by atoms with Crippen LogP contribution in [0.3, 0.4) is 0 Å². The molecule has 1 aliphatic carbocycles. The lowest BCUT2D eigenvalue weighted by Crippen LogP contribution is -2.36. The zero-order valence-corrected chi connectivity index (χ0v) is 25.3. The minimum Gasteiger partial charge on any atom is -0.464 e. The summed E-state index contributed by atoms with van der Waals surface area (Å²) in [5.41, 5.74) is 2.16. The lowest BCUT2D eigenvalue weighted by Gasteiger charge is -2.27. The highest BCUT2D eigenvalue weighted by Gasteiger charge is 2.29. The second kappa shape index (κ2) is 18.0. The minimum absolute atomic E-state index is 0.0490. The molecule has 0 amide bonds. The monoisotopic (exact) mass is 600 g/mol. The van der Waals surface area contributed by atoms with Gasteiger partial charge in [0, 0.05) is 39.3 Å². The summed E-state index contributed by atoms with van der Waals surface area (Å²) in [5, 5.41) is 0. The summed E-state index contributed by atoms with van der Waals surface area (Å²) in [6.07, 6.45) is 3.11. The van der Waals surface area contributed by atoms with Gasteiger partial charge in [0.1, 0.15) is 11.4 Å². The molecule has 2 unspecified atom stereocenters. The second-order valence-corrected chi connectivity index (χ2v) is 10.5. The van der Waals surface area contributed by atoms with Crippen molar-refractivity contribution in [3.63, 3.8) is 0 Å². The van der Waals surface area contributed by atoms with Crippen molar-refractivity contribution in [3.05, 3.63) is 59.2 Å². The SMILES string of the molecule is COC(=O)c1cccc(CN2CCOCCOCCN(Cc3cccc(C(=O)OC)n3)CCOC3CCCC3OCC2)n1. The van der Waals surface area contributed by atoms with E-state index in [2.05, 4.69) is 19.8 Å². The van der Waals surface area contributed by atoms with E-state index >= 15 is 0 Å². The van der Waals surface area contributed by atoms with Crippen LogP contribution in [0.25, 0.3) is 0 Å². The molecule has 12 heteroatoms. The number of pyridine rings is 2. The van der Waals surface area contributed by atoms with Gasteiger partial charge in [-0.25, -0.2) is 19.6 Å². The molecule has 0 spiro atoms. The third-order valence-electron chi connectivity index (χ3n) is 7.52. The number of methoxy groups -OCH3 is 2. The Morgan fingerprint density at radius 1 is 0.698 bits per heavy atom. The normalized spacial score (nSPS) is 22.2. The number of carbonyl (C=O) groups is 2. The Morgan fingerprint density at radius 2 is 1.14 bits per heavy atom. The van der Waals surface area contributed by atoms with E-state index in [1.165, 1.54) is 14.2 Å². The van der Waals surface area contributed by atoms with Crippen molar-refractivity contribution in [1.82, 2.24) is 19.8 Å². The first-order chi connectivity index (χ1) is 21.1.